The minimum atomic E-state index is -0.0944. The molecule has 0 saturated carbocycles. The summed E-state index contributed by atoms with van der Waals surface area (Å²) in [4.78, 5) is 12.2. The van der Waals surface area contributed by atoms with Crippen LogP contribution in [-0.2, 0) is 16.1 Å². The average Bonchev–Trinajstić information content (AvgIpc) is 3.00. The summed E-state index contributed by atoms with van der Waals surface area (Å²) < 4.78 is 5.43. The van der Waals surface area contributed by atoms with Crippen LogP contribution in [0.2, 0.25) is 0 Å². The van der Waals surface area contributed by atoms with Gasteiger partial charge in [-0.15, -0.1) is 0 Å². The average molecular weight is 296 g/mol. The van der Waals surface area contributed by atoms with Gasteiger partial charge in [-0.05, 0) is 37.3 Å². The van der Waals surface area contributed by atoms with Crippen LogP contribution in [0.4, 0.5) is 0 Å². The third-order valence-electron chi connectivity index (χ3n) is 4.14. The third kappa shape index (κ3) is 3.27. The minimum absolute atomic E-state index is 0.0281. The Morgan fingerprint density at radius 3 is 2.82 bits per heavy atom. The van der Waals surface area contributed by atoms with Crippen LogP contribution in [-0.4, -0.2) is 16.2 Å². The lowest BCUT2D eigenvalue weighted by Gasteiger charge is -2.20. The van der Waals surface area contributed by atoms with Crippen LogP contribution in [0.1, 0.15) is 36.1 Å². The first-order valence-corrected chi connectivity index (χ1v) is 7.64. The number of nitrogens with one attached hydrogen (secondary N) is 1. The number of ether oxygens (including phenoxy) is 1. The lowest BCUT2D eigenvalue weighted by molar-refractivity contribution is -0.150. The van der Waals surface area contributed by atoms with Gasteiger partial charge >= 0.3 is 5.97 Å². The van der Waals surface area contributed by atoms with Crippen molar-refractivity contribution >= 4 is 11.5 Å². The van der Waals surface area contributed by atoms with Crippen molar-refractivity contribution in [2.24, 2.45) is 5.92 Å². The standard InChI is InChI=1S/C18H20N2O2/c1-13-17(11-19-20-13)15-7-9-16(10-8-15)18(21)22-12-14-5-3-2-4-6-14/h2-7,11,16H,8-10,12H2,1H3,(H,19,20). The molecule has 1 N–H and O–H groups in total. The molecule has 1 aromatic carbocycles. The van der Waals surface area contributed by atoms with Crippen LogP contribution in [0.5, 0.6) is 0 Å². The van der Waals surface area contributed by atoms with Crippen LogP contribution in [0.15, 0.2) is 42.6 Å². The van der Waals surface area contributed by atoms with Gasteiger partial charge in [0.1, 0.15) is 6.61 Å². The monoisotopic (exact) mass is 296 g/mol. The van der Waals surface area contributed by atoms with Crippen LogP contribution < -0.4 is 0 Å². The second-order valence-corrected chi connectivity index (χ2v) is 5.70. The highest BCUT2D eigenvalue weighted by Gasteiger charge is 2.24. The molecule has 0 amide bonds. The Labute approximate surface area is 130 Å². The summed E-state index contributed by atoms with van der Waals surface area (Å²) >= 11 is 0. The fourth-order valence-electron chi connectivity index (χ4n) is 2.81. The first-order valence-electron chi connectivity index (χ1n) is 7.64. The van der Waals surface area contributed by atoms with E-state index in [1.165, 1.54) is 5.57 Å². The molecule has 22 heavy (non-hydrogen) atoms. The number of aromatic nitrogens is 2. The minimum Gasteiger partial charge on any atom is -0.461 e. The number of hydrogen-bond donors (Lipinski definition) is 1. The van der Waals surface area contributed by atoms with Crippen molar-refractivity contribution < 1.29 is 9.53 Å². The van der Waals surface area contributed by atoms with Crippen molar-refractivity contribution in [1.82, 2.24) is 10.2 Å². The van der Waals surface area contributed by atoms with Gasteiger partial charge in [0.25, 0.3) is 0 Å². The normalized spacial score (nSPS) is 17.9. The van der Waals surface area contributed by atoms with Gasteiger partial charge in [-0.2, -0.15) is 5.10 Å². The van der Waals surface area contributed by atoms with Crippen LogP contribution in [0.3, 0.4) is 0 Å². The SMILES string of the molecule is Cc1[nH]ncc1C1=CCC(C(=O)OCc2ccccc2)CC1. The Hall–Kier alpha value is -2.36. The van der Waals surface area contributed by atoms with Crippen LogP contribution >= 0.6 is 0 Å². The molecule has 1 unspecified atom stereocenters. The molecule has 0 bridgehead atoms. The topological polar surface area (TPSA) is 55.0 Å². The molecule has 4 heteroatoms. The summed E-state index contributed by atoms with van der Waals surface area (Å²) in [6.45, 7) is 2.37. The van der Waals surface area contributed by atoms with Crippen molar-refractivity contribution in [2.75, 3.05) is 0 Å². The van der Waals surface area contributed by atoms with Gasteiger partial charge < -0.3 is 4.74 Å². The number of benzene rings is 1. The molecule has 1 aromatic heterocycles. The van der Waals surface area contributed by atoms with E-state index < -0.39 is 0 Å². The molecule has 114 valence electrons. The molecule has 3 rings (SSSR count). The molecule has 2 aromatic rings. The van der Waals surface area contributed by atoms with E-state index in [2.05, 4.69) is 16.3 Å². The molecule has 0 aliphatic heterocycles. The number of nitrogens with zero attached hydrogens (tertiary/aromatic N) is 1. The fraction of sp³-hybridized carbons (Fsp3) is 0.333. The number of allylic oxidation sites excluding steroid dienone is 2. The maximum absolute atomic E-state index is 12.2. The van der Waals surface area contributed by atoms with Gasteiger partial charge in [-0.3, -0.25) is 9.89 Å². The number of H-pyrrole nitrogens is 1. The van der Waals surface area contributed by atoms with Gasteiger partial charge in [0.2, 0.25) is 0 Å². The molecule has 1 aliphatic carbocycles. The van der Waals surface area contributed by atoms with Gasteiger partial charge in [-0.1, -0.05) is 36.4 Å². The lowest BCUT2D eigenvalue weighted by Crippen LogP contribution is -2.19. The van der Waals surface area contributed by atoms with Gasteiger partial charge in [0, 0.05) is 11.3 Å². The molecular weight excluding hydrogens is 276 g/mol. The molecule has 0 spiro atoms. The van der Waals surface area contributed by atoms with Crippen molar-refractivity contribution in [3.05, 3.63) is 59.4 Å². The van der Waals surface area contributed by atoms with E-state index in [0.29, 0.717) is 6.61 Å². The fourth-order valence-corrected chi connectivity index (χ4v) is 2.81. The van der Waals surface area contributed by atoms with Crippen LogP contribution in [0.25, 0.3) is 5.57 Å². The first-order chi connectivity index (χ1) is 10.7. The van der Waals surface area contributed by atoms with Gasteiger partial charge in [0.05, 0.1) is 12.1 Å². The van der Waals surface area contributed by atoms with E-state index in [9.17, 15) is 4.79 Å². The highest BCUT2D eigenvalue weighted by atomic mass is 16.5. The Morgan fingerprint density at radius 1 is 1.36 bits per heavy atom. The predicted octanol–water partition coefficient (Wildman–Crippen LogP) is 3.65. The number of rotatable bonds is 4. The molecule has 1 aliphatic rings. The summed E-state index contributed by atoms with van der Waals surface area (Å²) in [5.41, 5.74) is 4.54. The maximum atomic E-state index is 12.2. The molecule has 0 radical (unpaired) electrons. The number of esters is 1. The highest BCUT2D eigenvalue weighted by molar-refractivity contribution is 5.76. The summed E-state index contributed by atoms with van der Waals surface area (Å²) in [6.07, 6.45) is 6.48. The number of carbonyl (C=O) groups is 1. The molecule has 0 fully saturated rings. The van der Waals surface area contributed by atoms with Crippen molar-refractivity contribution in [3.63, 3.8) is 0 Å². The quantitative estimate of drug-likeness (QED) is 0.876. The molecule has 1 atom stereocenters. The van der Waals surface area contributed by atoms with E-state index in [1.54, 1.807) is 0 Å². The second-order valence-electron chi connectivity index (χ2n) is 5.70. The molecule has 4 nitrogen and oxygen atoms in total. The zero-order valence-corrected chi connectivity index (χ0v) is 12.7. The number of carbonyl (C=O) groups excluding carboxylic acids is 1. The van der Waals surface area contributed by atoms with E-state index in [0.717, 1.165) is 36.1 Å². The van der Waals surface area contributed by atoms with E-state index in [1.807, 2.05) is 43.5 Å². The zero-order chi connectivity index (χ0) is 15.4. The summed E-state index contributed by atoms with van der Waals surface area (Å²) in [5.74, 6) is -0.122. The van der Waals surface area contributed by atoms with Crippen molar-refractivity contribution in [2.45, 2.75) is 32.8 Å². The molecular formula is C18H20N2O2. The summed E-state index contributed by atoms with van der Waals surface area (Å²) in [5, 5.41) is 7.01. The Balaban J connectivity index is 1.55. The smallest absolute Gasteiger partial charge is 0.309 e. The van der Waals surface area contributed by atoms with Gasteiger partial charge in [0.15, 0.2) is 0 Å². The van der Waals surface area contributed by atoms with E-state index in [-0.39, 0.29) is 11.9 Å². The van der Waals surface area contributed by atoms with Gasteiger partial charge in [-0.25, -0.2) is 0 Å². The van der Waals surface area contributed by atoms with Crippen molar-refractivity contribution in [1.29, 1.82) is 0 Å². The third-order valence-corrected chi connectivity index (χ3v) is 4.14. The number of aryl methyl sites for hydroxylation is 1. The summed E-state index contributed by atoms with van der Waals surface area (Å²) in [7, 11) is 0. The number of aromatic amines is 1. The highest BCUT2D eigenvalue weighted by Crippen LogP contribution is 2.31. The number of hydrogen-bond acceptors (Lipinski definition) is 3. The Morgan fingerprint density at radius 2 is 2.18 bits per heavy atom. The largest absolute Gasteiger partial charge is 0.461 e. The summed E-state index contributed by atoms with van der Waals surface area (Å²) in [6, 6.07) is 9.79. The second kappa shape index (κ2) is 6.60. The first kappa shape index (κ1) is 14.6. The Bertz CT molecular complexity index is 673. The lowest BCUT2D eigenvalue weighted by atomic mass is 9.87. The predicted molar refractivity (Wildman–Crippen MR) is 84.9 cm³/mol. The molecule has 0 saturated heterocycles. The Kier molecular flexibility index (Phi) is 4.37. The maximum Gasteiger partial charge on any atom is 0.309 e. The molecule has 1 heterocycles. The van der Waals surface area contributed by atoms with Crippen LogP contribution in [0, 0.1) is 12.8 Å². The van der Waals surface area contributed by atoms with E-state index >= 15 is 0 Å². The van der Waals surface area contributed by atoms with E-state index in [4.69, 9.17) is 4.74 Å². The zero-order valence-electron chi connectivity index (χ0n) is 12.7. The van der Waals surface area contributed by atoms with Crippen molar-refractivity contribution in [3.8, 4) is 0 Å².